The number of aromatic amines is 1. The number of hydrogen-bond donors (Lipinski definition) is 1. The molecule has 0 unspecified atom stereocenters. The molecule has 1 amide bonds. The molecule has 0 bridgehead atoms. The molecule has 0 radical (unpaired) electrons. The number of nitrogens with one attached hydrogen (secondary N) is 1. The Bertz CT molecular complexity index is 1550. The Kier molecular flexibility index (Phi) is 5.97. The Balaban J connectivity index is 1.53. The van der Waals surface area contributed by atoms with Gasteiger partial charge in [0.2, 0.25) is 0 Å². The van der Waals surface area contributed by atoms with Crippen molar-refractivity contribution in [1.29, 1.82) is 0 Å². The van der Waals surface area contributed by atoms with Crippen LogP contribution in [-0.4, -0.2) is 37.1 Å². The zero-order chi connectivity index (χ0) is 24.4. The van der Waals surface area contributed by atoms with E-state index in [0.29, 0.717) is 34.5 Å². The van der Waals surface area contributed by atoms with Crippen molar-refractivity contribution in [2.24, 2.45) is 0 Å². The van der Waals surface area contributed by atoms with E-state index in [1.807, 2.05) is 74.5 Å². The second kappa shape index (κ2) is 9.38. The second-order valence-electron chi connectivity index (χ2n) is 8.39. The van der Waals surface area contributed by atoms with Crippen molar-refractivity contribution in [1.82, 2.24) is 24.6 Å². The number of aromatic nitrogens is 4. The number of para-hydroxylation sites is 1. The Morgan fingerprint density at radius 2 is 1.69 bits per heavy atom. The van der Waals surface area contributed by atoms with E-state index in [0.717, 1.165) is 16.8 Å². The van der Waals surface area contributed by atoms with Crippen LogP contribution in [0.1, 0.15) is 28.7 Å². The summed E-state index contributed by atoms with van der Waals surface area (Å²) in [6, 6.07) is 24.8. The van der Waals surface area contributed by atoms with Crippen LogP contribution < -0.4 is 5.56 Å². The number of hydrogen-bond acceptors (Lipinski definition) is 4. The van der Waals surface area contributed by atoms with Crippen LogP contribution in [0.15, 0.2) is 89.9 Å². The summed E-state index contributed by atoms with van der Waals surface area (Å²) in [5, 5.41) is 5.30. The van der Waals surface area contributed by atoms with Gasteiger partial charge in [0.1, 0.15) is 11.5 Å². The Labute approximate surface area is 202 Å². The minimum Gasteiger partial charge on any atom is -0.331 e. The average Bonchev–Trinajstić information content (AvgIpc) is 3.33. The van der Waals surface area contributed by atoms with E-state index in [2.05, 4.69) is 9.97 Å². The van der Waals surface area contributed by atoms with Crippen LogP contribution in [0.5, 0.6) is 0 Å². The van der Waals surface area contributed by atoms with Crippen LogP contribution in [0.3, 0.4) is 0 Å². The number of amides is 1. The summed E-state index contributed by atoms with van der Waals surface area (Å²) >= 11 is 0. The van der Waals surface area contributed by atoms with Gasteiger partial charge < -0.3 is 9.88 Å². The van der Waals surface area contributed by atoms with E-state index in [9.17, 15) is 9.59 Å². The first kappa shape index (κ1) is 22.3. The van der Waals surface area contributed by atoms with Crippen LogP contribution in [0.2, 0.25) is 0 Å². The van der Waals surface area contributed by atoms with Gasteiger partial charge in [-0.3, -0.25) is 9.59 Å². The van der Waals surface area contributed by atoms with Crippen molar-refractivity contribution in [3.8, 4) is 16.9 Å². The normalized spacial score (nSPS) is 11.0. The van der Waals surface area contributed by atoms with Gasteiger partial charge in [0.05, 0.1) is 28.7 Å². The number of carbonyl (C=O) groups excluding carboxylic acids is 1. The molecular weight excluding hydrogens is 438 g/mol. The molecule has 5 aromatic rings. The molecule has 2 aromatic heterocycles. The van der Waals surface area contributed by atoms with Crippen molar-refractivity contribution < 1.29 is 4.79 Å². The molecule has 0 aliphatic heterocycles. The summed E-state index contributed by atoms with van der Waals surface area (Å²) in [6.45, 7) is 4.56. The van der Waals surface area contributed by atoms with Crippen LogP contribution in [0.4, 0.5) is 0 Å². The van der Waals surface area contributed by atoms with Gasteiger partial charge in [0, 0.05) is 18.3 Å². The Morgan fingerprint density at radius 1 is 0.971 bits per heavy atom. The van der Waals surface area contributed by atoms with Crippen molar-refractivity contribution in [3.63, 3.8) is 0 Å². The van der Waals surface area contributed by atoms with E-state index in [1.54, 1.807) is 34.0 Å². The fraction of sp³-hybridized carbons (Fsp3) is 0.143. The fourth-order valence-electron chi connectivity index (χ4n) is 4.06. The molecule has 1 N–H and O–H groups in total. The first-order valence-corrected chi connectivity index (χ1v) is 11.5. The standard InChI is InChI=1S/C28H25N5O2/c1-3-32(18-25-29-24-12-8-7-11-22(24)27(34)30-25)28(35)23-17-33(21-15-13-19(2)14-16-21)31-26(23)20-9-5-4-6-10-20/h4-17H,3,18H2,1-2H3,(H,29,30,34). The highest BCUT2D eigenvalue weighted by atomic mass is 16.2. The average molecular weight is 464 g/mol. The maximum atomic E-state index is 13.8. The maximum Gasteiger partial charge on any atom is 0.258 e. The third-order valence-corrected chi connectivity index (χ3v) is 5.96. The van der Waals surface area contributed by atoms with Crippen molar-refractivity contribution in [3.05, 3.63) is 112 Å². The first-order valence-electron chi connectivity index (χ1n) is 11.5. The summed E-state index contributed by atoms with van der Waals surface area (Å²) in [6.07, 6.45) is 1.77. The minimum absolute atomic E-state index is 0.180. The lowest BCUT2D eigenvalue weighted by Gasteiger charge is -2.20. The molecule has 0 aliphatic carbocycles. The second-order valence-corrected chi connectivity index (χ2v) is 8.39. The highest BCUT2D eigenvalue weighted by Crippen LogP contribution is 2.25. The van der Waals surface area contributed by atoms with E-state index in [4.69, 9.17) is 5.10 Å². The number of fused-ring (bicyclic) bond motifs is 1. The van der Waals surface area contributed by atoms with Crippen molar-refractivity contribution in [2.45, 2.75) is 20.4 Å². The van der Waals surface area contributed by atoms with Gasteiger partial charge in [-0.05, 0) is 38.1 Å². The molecule has 0 aliphatic rings. The summed E-state index contributed by atoms with van der Waals surface area (Å²) in [5.74, 6) is 0.261. The molecule has 0 atom stereocenters. The molecular formula is C28H25N5O2. The number of nitrogens with zero attached hydrogens (tertiary/aromatic N) is 4. The lowest BCUT2D eigenvalue weighted by molar-refractivity contribution is 0.0749. The smallest absolute Gasteiger partial charge is 0.258 e. The predicted molar refractivity (Wildman–Crippen MR) is 137 cm³/mol. The minimum atomic E-state index is -0.216. The van der Waals surface area contributed by atoms with E-state index >= 15 is 0 Å². The molecule has 7 nitrogen and oxygen atoms in total. The number of rotatable bonds is 6. The fourth-order valence-corrected chi connectivity index (χ4v) is 4.06. The SMILES string of the molecule is CCN(Cc1nc2ccccc2c(=O)[nH]1)C(=O)c1cn(-c2ccc(C)cc2)nc1-c1ccccc1. The molecule has 0 saturated carbocycles. The first-order chi connectivity index (χ1) is 17.0. The van der Waals surface area contributed by atoms with Gasteiger partial charge >= 0.3 is 0 Å². The molecule has 35 heavy (non-hydrogen) atoms. The predicted octanol–water partition coefficient (Wildman–Crippen LogP) is 4.75. The van der Waals surface area contributed by atoms with E-state index in [-0.39, 0.29) is 18.0 Å². The van der Waals surface area contributed by atoms with Crippen LogP contribution in [0, 0.1) is 6.92 Å². The lowest BCUT2D eigenvalue weighted by atomic mass is 10.1. The van der Waals surface area contributed by atoms with E-state index in [1.165, 1.54) is 0 Å². The summed E-state index contributed by atoms with van der Waals surface area (Å²) in [5.41, 5.74) is 4.36. The molecule has 0 spiro atoms. The lowest BCUT2D eigenvalue weighted by Crippen LogP contribution is -2.32. The largest absolute Gasteiger partial charge is 0.331 e. The van der Waals surface area contributed by atoms with Crippen LogP contribution in [0.25, 0.3) is 27.8 Å². The molecule has 0 saturated heterocycles. The van der Waals surface area contributed by atoms with Gasteiger partial charge in [0.25, 0.3) is 11.5 Å². The highest BCUT2D eigenvalue weighted by Gasteiger charge is 2.23. The van der Waals surface area contributed by atoms with Gasteiger partial charge in [-0.15, -0.1) is 0 Å². The van der Waals surface area contributed by atoms with Crippen molar-refractivity contribution >= 4 is 16.8 Å². The maximum absolute atomic E-state index is 13.8. The topological polar surface area (TPSA) is 83.9 Å². The summed E-state index contributed by atoms with van der Waals surface area (Å²) in [4.78, 5) is 35.4. The number of benzene rings is 3. The molecule has 7 heteroatoms. The van der Waals surface area contributed by atoms with Gasteiger partial charge in [-0.2, -0.15) is 5.10 Å². The van der Waals surface area contributed by atoms with E-state index < -0.39 is 0 Å². The Hall–Kier alpha value is -4.52. The molecule has 3 aromatic carbocycles. The monoisotopic (exact) mass is 463 g/mol. The zero-order valence-electron chi connectivity index (χ0n) is 19.6. The number of H-pyrrole nitrogens is 1. The summed E-state index contributed by atoms with van der Waals surface area (Å²) < 4.78 is 1.74. The molecule has 2 heterocycles. The third-order valence-electron chi connectivity index (χ3n) is 5.96. The Morgan fingerprint density at radius 3 is 2.43 bits per heavy atom. The van der Waals surface area contributed by atoms with Crippen molar-refractivity contribution in [2.75, 3.05) is 6.54 Å². The van der Waals surface area contributed by atoms with Gasteiger partial charge in [-0.1, -0.05) is 60.2 Å². The molecule has 174 valence electrons. The van der Waals surface area contributed by atoms with Gasteiger partial charge in [-0.25, -0.2) is 9.67 Å². The van der Waals surface area contributed by atoms with Crippen LogP contribution >= 0.6 is 0 Å². The molecule has 5 rings (SSSR count). The third kappa shape index (κ3) is 4.48. The highest BCUT2D eigenvalue weighted by molar-refractivity contribution is 6.00. The molecule has 0 fully saturated rings. The number of carbonyl (C=O) groups is 1. The quantitative estimate of drug-likeness (QED) is 0.394. The zero-order valence-corrected chi connectivity index (χ0v) is 19.6. The van der Waals surface area contributed by atoms with Gasteiger partial charge in [0.15, 0.2) is 0 Å². The summed E-state index contributed by atoms with van der Waals surface area (Å²) in [7, 11) is 0. The van der Waals surface area contributed by atoms with Crippen LogP contribution in [-0.2, 0) is 6.54 Å². The number of aryl methyl sites for hydroxylation is 1.